The maximum atomic E-state index is 4.87. The van der Waals surface area contributed by atoms with Gasteiger partial charge < -0.3 is 0 Å². The predicted octanol–water partition coefficient (Wildman–Crippen LogP) is 4.06. The van der Waals surface area contributed by atoms with Gasteiger partial charge in [0.15, 0.2) is 0 Å². The predicted molar refractivity (Wildman–Crippen MR) is 89.1 cm³/mol. The molecular formula is C17H13N2S2+. The number of fused-ring (bicyclic) bond motifs is 1. The Morgan fingerprint density at radius 2 is 1.52 bits per heavy atom. The topological polar surface area (TPSA) is 16.2 Å². The van der Waals surface area contributed by atoms with Crippen molar-refractivity contribution in [1.29, 1.82) is 0 Å². The standard InChI is InChI=1S/C17H13N2S2/c1-3-7-13(8-4-1)15-11-20-17-19(18-15)16(12-21-17)14-9-5-2-6-10-14/h1-10,12H,11H2/q+1. The summed E-state index contributed by atoms with van der Waals surface area (Å²) in [6, 6.07) is 20.9. The van der Waals surface area contributed by atoms with E-state index in [2.05, 4.69) is 58.6 Å². The fourth-order valence-electron chi connectivity index (χ4n) is 2.34. The number of nitrogens with zero attached hydrogens (tertiary/aromatic N) is 2. The lowest BCUT2D eigenvalue weighted by atomic mass is 10.1. The van der Waals surface area contributed by atoms with Gasteiger partial charge in [0.25, 0.3) is 5.69 Å². The van der Waals surface area contributed by atoms with Gasteiger partial charge in [0.1, 0.15) is 5.71 Å². The highest BCUT2D eigenvalue weighted by Gasteiger charge is 2.28. The van der Waals surface area contributed by atoms with Crippen LogP contribution in [0.4, 0.5) is 0 Å². The molecule has 21 heavy (non-hydrogen) atoms. The van der Waals surface area contributed by atoms with E-state index >= 15 is 0 Å². The molecule has 0 atom stereocenters. The minimum Gasteiger partial charge on any atom is -0.0622 e. The summed E-state index contributed by atoms with van der Waals surface area (Å²) in [5.41, 5.74) is 4.71. The van der Waals surface area contributed by atoms with E-state index < -0.39 is 0 Å². The van der Waals surface area contributed by atoms with Gasteiger partial charge in [0.05, 0.1) is 16.7 Å². The first-order valence-corrected chi connectivity index (χ1v) is 8.63. The van der Waals surface area contributed by atoms with Crippen molar-refractivity contribution in [2.75, 3.05) is 5.75 Å². The molecule has 4 rings (SSSR count). The molecule has 0 amide bonds. The zero-order valence-corrected chi connectivity index (χ0v) is 12.9. The van der Waals surface area contributed by atoms with E-state index in [0.29, 0.717) is 0 Å². The Kier molecular flexibility index (Phi) is 3.33. The molecule has 2 nitrogen and oxygen atoms in total. The number of thioether (sulfide) groups is 1. The number of rotatable bonds is 2. The van der Waals surface area contributed by atoms with Crippen LogP contribution in [0.2, 0.25) is 0 Å². The summed E-state index contributed by atoms with van der Waals surface area (Å²) in [5, 5.41) is 7.06. The van der Waals surface area contributed by atoms with Crippen molar-refractivity contribution in [2.45, 2.75) is 4.34 Å². The first-order valence-electron chi connectivity index (χ1n) is 6.77. The van der Waals surface area contributed by atoms with Crippen molar-refractivity contribution in [2.24, 2.45) is 5.10 Å². The third kappa shape index (κ3) is 2.41. The van der Waals surface area contributed by atoms with Gasteiger partial charge in [0, 0.05) is 10.7 Å². The Hall–Kier alpha value is -1.91. The molecule has 0 spiro atoms. The molecule has 0 radical (unpaired) electrons. The summed E-state index contributed by atoms with van der Waals surface area (Å²) in [6.07, 6.45) is 0. The van der Waals surface area contributed by atoms with Gasteiger partial charge in [-0.15, -0.1) is 0 Å². The van der Waals surface area contributed by atoms with Crippen LogP contribution in [0.3, 0.4) is 0 Å². The van der Waals surface area contributed by atoms with Crippen LogP contribution in [0, 0.1) is 0 Å². The zero-order chi connectivity index (χ0) is 14.1. The average molecular weight is 309 g/mol. The van der Waals surface area contributed by atoms with Crippen molar-refractivity contribution in [1.82, 2.24) is 0 Å². The van der Waals surface area contributed by atoms with Gasteiger partial charge in [-0.05, 0) is 28.6 Å². The summed E-state index contributed by atoms with van der Waals surface area (Å²) >= 11 is 3.62. The Labute approximate surface area is 131 Å². The summed E-state index contributed by atoms with van der Waals surface area (Å²) < 4.78 is 3.32. The Balaban J connectivity index is 1.82. The van der Waals surface area contributed by atoms with Crippen LogP contribution in [-0.2, 0) is 0 Å². The van der Waals surface area contributed by atoms with Crippen LogP contribution in [-0.4, -0.2) is 11.5 Å². The fraction of sp³-hybridized carbons (Fsp3) is 0.0588. The lowest BCUT2D eigenvalue weighted by molar-refractivity contribution is -0.699. The minimum atomic E-state index is 0.929. The maximum Gasteiger partial charge on any atom is 0.329 e. The van der Waals surface area contributed by atoms with Gasteiger partial charge >= 0.3 is 4.34 Å². The molecule has 3 aromatic rings. The molecule has 4 heteroatoms. The highest BCUT2D eigenvalue weighted by molar-refractivity contribution is 8.01. The van der Waals surface area contributed by atoms with E-state index in [1.165, 1.54) is 15.5 Å². The molecule has 102 valence electrons. The second-order valence-electron chi connectivity index (χ2n) is 4.77. The van der Waals surface area contributed by atoms with Crippen LogP contribution in [0.25, 0.3) is 11.3 Å². The van der Waals surface area contributed by atoms with E-state index in [0.717, 1.165) is 17.2 Å². The molecule has 0 fully saturated rings. The summed E-state index contributed by atoms with van der Waals surface area (Å²) in [7, 11) is 0. The molecular weight excluding hydrogens is 296 g/mol. The first-order chi connectivity index (χ1) is 10.4. The highest BCUT2D eigenvalue weighted by Crippen LogP contribution is 2.29. The van der Waals surface area contributed by atoms with Crippen molar-refractivity contribution >= 4 is 28.8 Å². The number of hydrogen-bond donors (Lipinski definition) is 0. The molecule has 0 aliphatic carbocycles. The molecule has 0 saturated carbocycles. The van der Waals surface area contributed by atoms with Crippen molar-refractivity contribution in [3.63, 3.8) is 0 Å². The zero-order valence-electron chi connectivity index (χ0n) is 11.3. The van der Waals surface area contributed by atoms with Crippen LogP contribution < -0.4 is 4.68 Å². The van der Waals surface area contributed by atoms with E-state index in [9.17, 15) is 0 Å². The summed E-state index contributed by atoms with van der Waals surface area (Å²) in [4.78, 5) is 0. The third-order valence-corrected chi connectivity index (χ3v) is 5.60. The van der Waals surface area contributed by atoms with Gasteiger partial charge in [0.2, 0.25) is 0 Å². The molecule has 1 aliphatic heterocycles. The quantitative estimate of drug-likeness (QED) is 0.652. The van der Waals surface area contributed by atoms with Crippen LogP contribution in [0.5, 0.6) is 0 Å². The average Bonchev–Trinajstić information content (AvgIpc) is 2.99. The fourth-order valence-corrected chi connectivity index (χ4v) is 4.37. The molecule has 0 N–H and O–H groups in total. The van der Waals surface area contributed by atoms with E-state index in [1.54, 1.807) is 11.3 Å². The lowest BCUT2D eigenvalue weighted by Gasteiger charge is -2.06. The van der Waals surface area contributed by atoms with Crippen molar-refractivity contribution in [3.05, 3.63) is 71.6 Å². The van der Waals surface area contributed by atoms with Crippen LogP contribution in [0.1, 0.15) is 5.56 Å². The highest BCUT2D eigenvalue weighted by atomic mass is 32.2. The maximum absolute atomic E-state index is 4.87. The van der Waals surface area contributed by atoms with Crippen molar-refractivity contribution < 1.29 is 4.68 Å². The summed E-state index contributed by atoms with van der Waals surface area (Å²) in [6.45, 7) is 0. The van der Waals surface area contributed by atoms with Crippen molar-refractivity contribution in [3.8, 4) is 11.3 Å². The lowest BCUT2D eigenvalue weighted by Crippen LogP contribution is -2.35. The third-order valence-electron chi connectivity index (χ3n) is 3.40. The smallest absolute Gasteiger partial charge is 0.0622 e. The Morgan fingerprint density at radius 3 is 2.24 bits per heavy atom. The Bertz CT molecular complexity index is 792. The normalized spacial score (nSPS) is 13.6. The number of aromatic nitrogens is 1. The Morgan fingerprint density at radius 1 is 0.857 bits per heavy atom. The number of thiazole rings is 1. The molecule has 0 bridgehead atoms. The second-order valence-corrected chi connectivity index (χ2v) is 6.85. The van der Waals surface area contributed by atoms with Crippen LogP contribution in [0.15, 0.2) is 75.5 Å². The number of hydrogen-bond acceptors (Lipinski definition) is 3. The second kappa shape index (κ2) is 5.47. The largest absolute Gasteiger partial charge is 0.329 e. The monoisotopic (exact) mass is 309 g/mol. The van der Waals surface area contributed by atoms with E-state index in [4.69, 9.17) is 5.10 Å². The minimum absolute atomic E-state index is 0.929. The molecule has 0 unspecified atom stereocenters. The van der Waals surface area contributed by atoms with Gasteiger partial charge in [-0.25, -0.2) is 0 Å². The van der Waals surface area contributed by atoms with Gasteiger partial charge in [-0.3, -0.25) is 0 Å². The van der Waals surface area contributed by atoms with Gasteiger partial charge in [-0.2, -0.15) is 0 Å². The van der Waals surface area contributed by atoms with Gasteiger partial charge in [-0.1, -0.05) is 59.9 Å². The molecule has 1 aromatic heterocycles. The number of benzene rings is 2. The molecule has 2 aromatic carbocycles. The first kappa shape index (κ1) is 12.8. The van der Waals surface area contributed by atoms with E-state index in [-0.39, 0.29) is 0 Å². The van der Waals surface area contributed by atoms with Crippen LogP contribution >= 0.6 is 23.1 Å². The molecule has 2 heterocycles. The summed E-state index contributed by atoms with van der Waals surface area (Å²) in [5.74, 6) is 0.929. The van der Waals surface area contributed by atoms with E-state index in [1.807, 2.05) is 23.9 Å². The SMILES string of the molecule is c1ccc(C2=N[n+]3c(-c4ccccc4)csc3SC2)cc1. The molecule has 1 aliphatic rings. The molecule has 0 saturated heterocycles.